The first kappa shape index (κ1) is 14.1. The monoisotopic (exact) mass is 296 g/mol. The molecule has 1 aromatic carbocycles. The summed E-state index contributed by atoms with van der Waals surface area (Å²) in [7, 11) is 0. The van der Waals surface area contributed by atoms with Crippen LogP contribution < -0.4 is 5.73 Å². The lowest BCUT2D eigenvalue weighted by Crippen LogP contribution is -2.34. The molecule has 112 valence electrons. The van der Waals surface area contributed by atoms with Crippen molar-refractivity contribution in [3.63, 3.8) is 0 Å². The average molecular weight is 296 g/mol. The van der Waals surface area contributed by atoms with E-state index >= 15 is 0 Å². The van der Waals surface area contributed by atoms with Gasteiger partial charge in [-0.2, -0.15) is 18.3 Å². The summed E-state index contributed by atoms with van der Waals surface area (Å²) in [5.41, 5.74) is 5.84. The Morgan fingerprint density at radius 2 is 1.90 bits per heavy atom. The van der Waals surface area contributed by atoms with Crippen molar-refractivity contribution in [3.05, 3.63) is 35.7 Å². The van der Waals surface area contributed by atoms with Gasteiger partial charge < -0.3 is 5.73 Å². The van der Waals surface area contributed by atoms with Crippen molar-refractivity contribution in [2.24, 2.45) is 5.73 Å². The SMILES string of the molecule is CC1CC(N)Cn2nc(-c3ccc(C(F)(F)F)cc3)nc21. The second-order valence-corrected chi connectivity index (χ2v) is 5.45. The van der Waals surface area contributed by atoms with E-state index in [1.54, 1.807) is 4.68 Å². The Kier molecular flexibility index (Phi) is 3.24. The fourth-order valence-corrected chi connectivity index (χ4v) is 2.64. The minimum atomic E-state index is -4.33. The quantitative estimate of drug-likeness (QED) is 0.880. The Balaban J connectivity index is 1.93. The number of aromatic nitrogens is 3. The molecular weight excluding hydrogens is 281 g/mol. The highest BCUT2D eigenvalue weighted by atomic mass is 19.4. The van der Waals surface area contributed by atoms with Crippen molar-refractivity contribution < 1.29 is 13.2 Å². The van der Waals surface area contributed by atoms with Gasteiger partial charge in [0.1, 0.15) is 5.82 Å². The molecule has 0 saturated heterocycles. The van der Waals surface area contributed by atoms with Crippen LogP contribution in [0.3, 0.4) is 0 Å². The van der Waals surface area contributed by atoms with Crippen LogP contribution >= 0.6 is 0 Å². The Bertz CT molecular complexity index is 645. The number of halogens is 3. The van der Waals surface area contributed by atoms with Gasteiger partial charge in [-0.05, 0) is 18.6 Å². The number of nitrogens with zero attached hydrogens (tertiary/aromatic N) is 3. The van der Waals surface area contributed by atoms with E-state index in [-0.39, 0.29) is 12.0 Å². The number of hydrogen-bond donors (Lipinski definition) is 1. The summed E-state index contributed by atoms with van der Waals surface area (Å²) < 4.78 is 39.4. The molecule has 1 aliphatic heterocycles. The van der Waals surface area contributed by atoms with Gasteiger partial charge >= 0.3 is 6.18 Å². The molecule has 1 aromatic heterocycles. The standard InChI is InChI=1S/C14H15F3N4/c1-8-6-11(18)7-21-13(8)19-12(20-21)9-2-4-10(5-3-9)14(15,16)17/h2-5,8,11H,6-7,18H2,1H3. The van der Waals surface area contributed by atoms with E-state index < -0.39 is 11.7 Å². The van der Waals surface area contributed by atoms with Gasteiger partial charge in [0.25, 0.3) is 0 Å². The maximum atomic E-state index is 12.6. The smallest absolute Gasteiger partial charge is 0.326 e. The summed E-state index contributed by atoms with van der Waals surface area (Å²) in [4.78, 5) is 4.44. The molecule has 7 heteroatoms. The number of rotatable bonds is 1. The molecule has 2 atom stereocenters. The molecular formula is C14H15F3N4. The van der Waals surface area contributed by atoms with Crippen molar-refractivity contribution in [3.8, 4) is 11.4 Å². The highest BCUT2D eigenvalue weighted by Crippen LogP contribution is 2.31. The molecule has 2 N–H and O–H groups in total. The predicted octanol–water partition coefficient (Wildman–Crippen LogP) is 2.80. The molecule has 21 heavy (non-hydrogen) atoms. The molecule has 4 nitrogen and oxygen atoms in total. The molecule has 0 saturated carbocycles. The molecule has 0 spiro atoms. The summed E-state index contributed by atoms with van der Waals surface area (Å²) in [5, 5.41) is 4.36. The minimum Gasteiger partial charge on any atom is -0.326 e. The molecule has 2 heterocycles. The molecule has 0 fully saturated rings. The van der Waals surface area contributed by atoms with E-state index in [4.69, 9.17) is 5.73 Å². The van der Waals surface area contributed by atoms with E-state index in [1.165, 1.54) is 12.1 Å². The lowest BCUT2D eigenvalue weighted by molar-refractivity contribution is -0.137. The van der Waals surface area contributed by atoms with Crippen LogP contribution in [0.5, 0.6) is 0 Å². The average Bonchev–Trinajstić information content (AvgIpc) is 2.82. The van der Waals surface area contributed by atoms with Gasteiger partial charge in [-0.15, -0.1) is 0 Å². The maximum Gasteiger partial charge on any atom is 0.416 e. The lowest BCUT2D eigenvalue weighted by Gasteiger charge is -2.23. The molecule has 2 unspecified atom stereocenters. The zero-order valence-corrected chi connectivity index (χ0v) is 11.4. The third-order valence-corrected chi connectivity index (χ3v) is 3.68. The highest BCUT2D eigenvalue weighted by molar-refractivity contribution is 5.55. The fourth-order valence-electron chi connectivity index (χ4n) is 2.64. The van der Waals surface area contributed by atoms with Crippen molar-refractivity contribution in [2.45, 2.75) is 38.0 Å². The summed E-state index contributed by atoms with van der Waals surface area (Å²) in [6.07, 6.45) is -3.49. The first-order valence-corrected chi connectivity index (χ1v) is 6.72. The van der Waals surface area contributed by atoms with Crippen molar-refractivity contribution in [2.75, 3.05) is 0 Å². The Hall–Kier alpha value is -1.89. The zero-order chi connectivity index (χ0) is 15.2. The van der Waals surface area contributed by atoms with Crippen LogP contribution in [0.25, 0.3) is 11.4 Å². The topological polar surface area (TPSA) is 56.7 Å². The Labute approximate surface area is 119 Å². The van der Waals surface area contributed by atoms with Crippen LogP contribution in [0.1, 0.15) is 30.7 Å². The number of benzene rings is 1. The van der Waals surface area contributed by atoms with Gasteiger partial charge in [-0.1, -0.05) is 19.1 Å². The van der Waals surface area contributed by atoms with Crippen LogP contribution in [0.15, 0.2) is 24.3 Å². The van der Waals surface area contributed by atoms with Crippen molar-refractivity contribution in [1.29, 1.82) is 0 Å². The first-order chi connectivity index (χ1) is 9.84. The Morgan fingerprint density at radius 1 is 1.24 bits per heavy atom. The van der Waals surface area contributed by atoms with Gasteiger partial charge in [0.15, 0.2) is 5.82 Å². The predicted molar refractivity (Wildman–Crippen MR) is 71.5 cm³/mol. The van der Waals surface area contributed by atoms with E-state index in [2.05, 4.69) is 10.1 Å². The maximum absolute atomic E-state index is 12.6. The molecule has 0 aliphatic carbocycles. The third-order valence-electron chi connectivity index (χ3n) is 3.68. The van der Waals surface area contributed by atoms with Gasteiger partial charge in [-0.25, -0.2) is 9.67 Å². The van der Waals surface area contributed by atoms with Gasteiger partial charge in [-0.3, -0.25) is 0 Å². The van der Waals surface area contributed by atoms with Gasteiger partial charge in [0, 0.05) is 17.5 Å². The Morgan fingerprint density at radius 3 is 2.52 bits per heavy atom. The summed E-state index contributed by atoms with van der Waals surface area (Å²) in [5.74, 6) is 1.48. The summed E-state index contributed by atoms with van der Waals surface area (Å²) >= 11 is 0. The van der Waals surface area contributed by atoms with Crippen LogP contribution in [0.4, 0.5) is 13.2 Å². The number of fused-ring (bicyclic) bond motifs is 1. The molecule has 0 amide bonds. The van der Waals surface area contributed by atoms with Crippen molar-refractivity contribution >= 4 is 0 Å². The lowest BCUT2D eigenvalue weighted by atomic mass is 9.98. The molecule has 2 aromatic rings. The molecule has 1 aliphatic rings. The van der Waals surface area contributed by atoms with Crippen LogP contribution in [-0.4, -0.2) is 20.8 Å². The highest BCUT2D eigenvalue weighted by Gasteiger charge is 2.30. The van der Waals surface area contributed by atoms with E-state index in [0.29, 0.717) is 17.9 Å². The zero-order valence-electron chi connectivity index (χ0n) is 11.4. The number of hydrogen-bond acceptors (Lipinski definition) is 3. The van der Waals surface area contributed by atoms with E-state index in [1.807, 2.05) is 6.92 Å². The normalized spacial score (nSPS) is 22.1. The van der Waals surface area contributed by atoms with Crippen molar-refractivity contribution in [1.82, 2.24) is 14.8 Å². The first-order valence-electron chi connectivity index (χ1n) is 6.72. The molecule has 0 radical (unpaired) electrons. The second kappa shape index (κ2) is 4.84. The van der Waals surface area contributed by atoms with Crippen LogP contribution in [0, 0.1) is 0 Å². The molecule has 3 rings (SSSR count). The summed E-state index contributed by atoms with van der Waals surface area (Å²) in [6.45, 7) is 2.61. The van der Waals surface area contributed by atoms with Gasteiger partial charge in [0.2, 0.25) is 0 Å². The van der Waals surface area contributed by atoms with E-state index in [0.717, 1.165) is 24.4 Å². The number of alkyl halides is 3. The van der Waals surface area contributed by atoms with Gasteiger partial charge in [0.05, 0.1) is 12.1 Å². The molecule has 0 bridgehead atoms. The van der Waals surface area contributed by atoms with Crippen LogP contribution in [-0.2, 0) is 12.7 Å². The summed E-state index contributed by atoms with van der Waals surface area (Å²) in [6, 6.07) is 4.92. The van der Waals surface area contributed by atoms with E-state index in [9.17, 15) is 13.2 Å². The van der Waals surface area contributed by atoms with Crippen LogP contribution in [0.2, 0.25) is 0 Å². The second-order valence-electron chi connectivity index (χ2n) is 5.45. The third kappa shape index (κ3) is 2.65. The minimum absolute atomic E-state index is 0.0367. The fraction of sp³-hybridized carbons (Fsp3) is 0.429. The number of nitrogens with two attached hydrogens (primary N) is 1. The largest absolute Gasteiger partial charge is 0.416 e.